The molecule has 0 fully saturated rings. The third-order valence-corrected chi connectivity index (χ3v) is 7.21. The number of benzene rings is 2. The molecule has 1 aliphatic heterocycles. The number of hydrogen-bond donors (Lipinski definition) is 1. The molecule has 2 aromatic carbocycles. The van der Waals surface area contributed by atoms with Crippen LogP contribution in [0.3, 0.4) is 0 Å². The van der Waals surface area contributed by atoms with E-state index in [9.17, 15) is 18.0 Å². The third kappa shape index (κ3) is 3.94. The number of nitrogens with zero attached hydrogens (tertiary/aromatic N) is 1. The van der Waals surface area contributed by atoms with Crippen molar-refractivity contribution in [1.29, 1.82) is 0 Å². The van der Waals surface area contributed by atoms with Crippen LogP contribution in [-0.4, -0.2) is 32.0 Å². The molecule has 1 N–H and O–H groups in total. The number of aryl methyl sites for hydroxylation is 1. The van der Waals surface area contributed by atoms with Gasteiger partial charge in [-0.05, 0) is 55.7 Å². The van der Waals surface area contributed by atoms with Gasteiger partial charge in [0, 0.05) is 31.3 Å². The van der Waals surface area contributed by atoms with Gasteiger partial charge in [0.1, 0.15) is 0 Å². The predicted molar refractivity (Wildman–Crippen MR) is 109 cm³/mol. The summed E-state index contributed by atoms with van der Waals surface area (Å²) in [5, 5.41) is 1.92. The highest BCUT2D eigenvalue weighted by Crippen LogP contribution is 2.31. The number of sulfone groups is 1. The number of rotatable bonds is 5. The number of para-hydroxylation sites is 1. The van der Waals surface area contributed by atoms with Gasteiger partial charge in [0.05, 0.1) is 10.1 Å². The number of anilines is 2. The van der Waals surface area contributed by atoms with E-state index in [0.29, 0.717) is 18.7 Å². The highest BCUT2D eigenvalue weighted by molar-refractivity contribution is 7.92. The number of nitrogens with one attached hydrogen (secondary N) is 1. The Labute approximate surface area is 165 Å². The van der Waals surface area contributed by atoms with Crippen LogP contribution in [-0.2, 0) is 25.8 Å². The Morgan fingerprint density at radius 1 is 1.18 bits per heavy atom. The second kappa shape index (κ2) is 7.75. The summed E-state index contributed by atoms with van der Waals surface area (Å²) in [6.07, 6.45) is 0.494. The van der Waals surface area contributed by atoms with E-state index in [2.05, 4.69) is 5.32 Å². The van der Waals surface area contributed by atoms with Crippen molar-refractivity contribution >= 4 is 33.0 Å². The van der Waals surface area contributed by atoms with Crippen LogP contribution < -0.4 is 10.2 Å². The van der Waals surface area contributed by atoms with E-state index >= 15 is 0 Å². The summed E-state index contributed by atoms with van der Waals surface area (Å²) in [6.45, 7) is 5.48. The summed E-state index contributed by atoms with van der Waals surface area (Å²) in [5.41, 5.74) is 3.20. The van der Waals surface area contributed by atoms with Gasteiger partial charge in [-0.3, -0.25) is 9.59 Å². The minimum Gasteiger partial charge on any atom is -0.326 e. The molecule has 0 saturated heterocycles. The molecule has 2 amide bonds. The lowest BCUT2D eigenvalue weighted by atomic mass is 10.2. The lowest BCUT2D eigenvalue weighted by molar-refractivity contribution is -0.117. The second-order valence-corrected chi connectivity index (χ2v) is 9.50. The first-order chi connectivity index (χ1) is 13.2. The van der Waals surface area contributed by atoms with Gasteiger partial charge in [0.15, 0.2) is 9.84 Å². The largest absolute Gasteiger partial charge is 0.326 e. The lowest BCUT2D eigenvalue weighted by Gasteiger charge is -2.17. The average molecular weight is 401 g/mol. The minimum atomic E-state index is -3.66. The zero-order valence-corrected chi connectivity index (χ0v) is 17.0. The van der Waals surface area contributed by atoms with E-state index in [-0.39, 0.29) is 23.1 Å². The van der Waals surface area contributed by atoms with Gasteiger partial charge in [-0.15, -0.1) is 0 Å². The zero-order valence-electron chi connectivity index (χ0n) is 16.2. The topological polar surface area (TPSA) is 83.6 Å². The quantitative estimate of drug-likeness (QED) is 0.836. The van der Waals surface area contributed by atoms with Crippen molar-refractivity contribution < 1.29 is 18.0 Å². The number of hydrogen-bond acceptors (Lipinski definition) is 4. The van der Waals surface area contributed by atoms with E-state index in [4.69, 9.17) is 0 Å². The fourth-order valence-corrected chi connectivity index (χ4v) is 4.80. The maximum Gasteiger partial charge on any atom is 0.225 e. The molecule has 0 radical (unpaired) electrons. The SMILES string of the molecule is CC(=O)N1CCc2cc(S(=O)(=O)C(C)CC(=O)Nc3ccccc3C)ccc21. The Hall–Kier alpha value is -2.67. The van der Waals surface area contributed by atoms with Crippen LogP contribution >= 0.6 is 0 Å². The van der Waals surface area contributed by atoms with Gasteiger partial charge in [-0.2, -0.15) is 0 Å². The molecular formula is C21H24N2O4S. The Morgan fingerprint density at radius 3 is 2.57 bits per heavy atom. The molecule has 3 rings (SSSR count). The van der Waals surface area contributed by atoms with E-state index in [1.54, 1.807) is 30.0 Å². The van der Waals surface area contributed by atoms with Gasteiger partial charge in [-0.1, -0.05) is 18.2 Å². The van der Waals surface area contributed by atoms with Gasteiger partial charge >= 0.3 is 0 Å². The molecule has 6 nitrogen and oxygen atoms in total. The van der Waals surface area contributed by atoms with Crippen LogP contribution in [0.25, 0.3) is 0 Å². The van der Waals surface area contributed by atoms with Gasteiger partial charge in [0.25, 0.3) is 0 Å². The molecule has 1 heterocycles. The number of fused-ring (bicyclic) bond motifs is 1. The van der Waals surface area contributed by atoms with Crippen molar-refractivity contribution in [3.63, 3.8) is 0 Å². The van der Waals surface area contributed by atoms with Crippen LogP contribution in [0.2, 0.25) is 0 Å². The van der Waals surface area contributed by atoms with E-state index in [0.717, 1.165) is 16.8 Å². The first-order valence-electron chi connectivity index (χ1n) is 9.20. The molecule has 1 atom stereocenters. The molecule has 0 saturated carbocycles. The molecule has 2 aromatic rings. The van der Waals surface area contributed by atoms with Gasteiger partial charge < -0.3 is 10.2 Å². The highest BCUT2D eigenvalue weighted by Gasteiger charge is 2.29. The number of amides is 2. The monoisotopic (exact) mass is 400 g/mol. The standard InChI is InChI=1S/C21H24N2O4S/c1-14-6-4-5-7-19(14)22-21(25)12-15(2)28(26,27)18-8-9-20-17(13-18)10-11-23(20)16(3)24/h4-9,13,15H,10-12H2,1-3H3,(H,22,25). The summed E-state index contributed by atoms with van der Waals surface area (Å²) in [4.78, 5) is 25.8. The Balaban J connectivity index is 1.75. The molecule has 1 unspecified atom stereocenters. The average Bonchev–Trinajstić information content (AvgIpc) is 3.07. The van der Waals surface area contributed by atoms with Crippen LogP contribution in [0, 0.1) is 6.92 Å². The first-order valence-corrected chi connectivity index (χ1v) is 10.7. The van der Waals surface area contributed by atoms with Gasteiger partial charge in [-0.25, -0.2) is 8.42 Å². The molecule has 0 spiro atoms. The summed E-state index contributed by atoms with van der Waals surface area (Å²) < 4.78 is 25.9. The highest BCUT2D eigenvalue weighted by atomic mass is 32.2. The smallest absolute Gasteiger partial charge is 0.225 e. The predicted octanol–water partition coefficient (Wildman–Crippen LogP) is 3.10. The maximum absolute atomic E-state index is 12.9. The van der Waals surface area contributed by atoms with Crippen molar-refractivity contribution in [1.82, 2.24) is 0 Å². The maximum atomic E-state index is 12.9. The van der Waals surface area contributed by atoms with Crippen molar-refractivity contribution in [2.75, 3.05) is 16.8 Å². The fraction of sp³-hybridized carbons (Fsp3) is 0.333. The Bertz CT molecular complexity index is 1030. The molecule has 28 heavy (non-hydrogen) atoms. The molecular weight excluding hydrogens is 376 g/mol. The van der Waals surface area contributed by atoms with E-state index in [1.165, 1.54) is 13.0 Å². The molecule has 0 aromatic heterocycles. The van der Waals surface area contributed by atoms with Crippen LogP contribution in [0.5, 0.6) is 0 Å². The first kappa shape index (κ1) is 20.1. The van der Waals surface area contributed by atoms with E-state index in [1.807, 2.05) is 25.1 Å². The molecule has 1 aliphatic rings. The molecule has 0 aliphatic carbocycles. The van der Waals surface area contributed by atoms with Crippen molar-refractivity contribution in [2.45, 2.75) is 43.8 Å². The van der Waals surface area contributed by atoms with Gasteiger partial charge in [0.2, 0.25) is 11.8 Å². The van der Waals surface area contributed by atoms with E-state index < -0.39 is 15.1 Å². The third-order valence-electron chi connectivity index (χ3n) is 5.08. The lowest BCUT2D eigenvalue weighted by Crippen LogP contribution is -2.26. The van der Waals surface area contributed by atoms with Crippen LogP contribution in [0.1, 0.15) is 31.4 Å². The molecule has 148 valence electrons. The number of carbonyl (C=O) groups excluding carboxylic acids is 2. The second-order valence-electron chi connectivity index (χ2n) is 7.13. The minimum absolute atomic E-state index is 0.0596. The normalized spacial score (nSPS) is 14.5. The van der Waals surface area contributed by atoms with Crippen LogP contribution in [0.4, 0.5) is 11.4 Å². The summed E-state index contributed by atoms with van der Waals surface area (Å²) >= 11 is 0. The molecule has 7 heteroatoms. The zero-order chi connectivity index (χ0) is 20.5. The summed E-state index contributed by atoms with van der Waals surface area (Å²) in [7, 11) is -3.66. The Kier molecular flexibility index (Phi) is 5.56. The number of carbonyl (C=O) groups is 2. The van der Waals surface area contributed by atoms with Crippen molar-refractivity contribution in [2.24, 2.45) is 0 Å². The van der Waals surface area contributed by atoms with Crippen molar-refractivity contribution in [3.05, 3.63) is 53.6 Å². The van der Waals surface area contributed by atoms with Crippen LogP contribution in [0.15, 0.2) is 47.4 Å². The summed E-state index contributed by atoms with van der Waals surface area (Å²) in [5.74, 6) is -0.398. The molecule has 0 bridgehead atoms. The Morgan fingerprint density at radius 2 is 1.89 bits per heavy atom. The van der Waals surface area contributed by atoms with Crippen molar-refractivity contribution in [3.8, 4) is 0 Å². The fourth-order valence-electron chi connectivity index (χ4n) is 3.40. The summed E-state index contributed by atoms with van der Waals surface area (Å²) in [6, 6.07) is 12.2.